The Bertz CT molecular complexity index is 169. The monoisotopic (exact) mass is 188 g/mol. The third kappa shape index (κ3) is 4.24. The zero-order valence-corrected chi connectivity index (χ0v) is 8.63. The van der Waals surface area contributed by atoms with Gasteiger partial charge >= 0.3 is 0 Å². The van der Waals surface area contributed by atoms with Crippen molar-refractivity contribution in [1.29, 1.82) is 0 Å². The second kappa shape index (κ2) is 5.19. The number of aliphatic hydroxyl groups excluding tert-OH is 1. The molecule has 4 N–H and O–H groups in total. The summed E-state index contributed by atoms with van der Waals surface area (Å²) in [6.07, 6.45) is 1.52. The van der Waals surface area contributed by atoms with Crippen molar-refractivity contribution in [3.63, 3.8) is 0 Å². The number of nitrogens with two attached hydrogens (primary N) is 1. The molecule has 13 heavy (non-hydrogen) atoms. The molecule has 0 aliphatic heterocycles. The van der Waals surface area contributed by atoms with E-state index in [-0.39, 0.29) is 18.6 Å². The minimum Gasteiger partial charge on any atom is -0.394 e. The number of hydrogen-bond acceptors (Lipinski definition) is 3. The van der Waals surface area contributed by atoms with E-state index in [1.54, 1.807) is 13.8 Å². The van der Waals surface area contributed by atoms with Gasteiger partial charge in [-0.3, -0.25) is 4.79 Å². The molecule has 78 valence electrons. The lowest BCUT2D eigenvalue weighted by molar-refractivity contribution is -0.126. The van der Waals surface area contributed by atoms with E-state index in [4.69, 9.17) is 10.8 Å². The van der Waals surface area contributed by atoms with Gasteiger partial charge in [0.05, 0.1) is 12.1 Å². The summed E-state index contributed by atoms with van der Waals surface area (Å²) in [5.74, 6) is -0.198. The fraction of sp³-hybridized carbons (Fsp3) is 0.889. The van der Waals surface area contributed by atoms with Crippen LogP contribution in [0.1, 0.15) is 33.6 Å². The number of rotatable bonds is 5. The molecule has 0 heterocycles. The molecule has 1 unspecified atom stereocenters. The summed E-state index contributed by atoms with van der Waals surface area (Å²) in [7, 11) is 0. The van der Waals surface area contributed by atoms with Gasteiger partial charge in [-0.2, -0.15) is 0 Å². The van der Waals surface area contributed by atoms with E-state index in [2.05, 4.69) is 5.32 Å². The highest BCUT2D eigenvalue weighted by atomic mass is 16.3. The molecule has 4 heteroatoms. The largest absolute Gasteiger partial charge is 0.394 e. The summed E-state index contributed by atoms with van der Waals surface area (Å²) in [4.78, 5) is 11.5. The summed E-state index contributed by atoms with van der Waals surface area (Å²) in [6.45, 7) is 5.36. The zero-order valence-electron chi connectivity index (χ0n) is 8.63. The van der Waals surface area contributed by atoms with Gasteiger partial charge in [0.15, 0.2) is 0 Å². The maximum atomic E-state index is 11.5. The summed E-state index contributed by atoms with van der Waals surface area (Å²) in [6, 6.07) is -0.229. The Balaban J connectivity index is 4.08. The number of aliphatic hydroxyl groups is 1. The first kappa shape index (κ1) is 12.4. The second-order valence-corrected chi connectivity index (χ2v) is 3.72. The van der Waals surface area contributed by atoms with Crippen LogP contribution in [0.3, 0.4) is 0 Å². The van der Waals surface area contributed by atoms with Crippen LogP contribution in [0.2, 0.25) is 0 Å². The maximum Gasteiger partial charge on any atom is 0.240 e. The highest BCUT2D eigenvalue weighted by Crippen LogP contribution is 2.08. The number of hydrogen-bond donors (Lipinski definition) is 3. The molecule has 2 atom stereocenters. The number of carbonyl (C=O) groups is 1. The van der Waals surface area contributed by atoms with Crippen LogP contribution in [0, 0.1) is 0 Å². The Kier molecular flexibility index (Phi) is 4.95. The van der Waals surface area contributed by atoms with Gasteiger partial charge in [-0.05, 0) is 20.3 Å². The molecule has 0 aliphatic rings. The first-order chi connectivity index (χ1) is 5.94. The van der Waals surface area contributed by atoms with Gasteiger partial charge in [0.1, 0.15) is 0 Å². The minimum absolute atomic E-state index is 0.0616. The summed E-state index contributed by atoms with van der Waals surface area (Å²) in [5, 5.41) is 11.4. The van der Waals surface area contributed by atoms with Crippen LogP contribution < -0.4 is 11.1 Å². The predicted octanol–water partition coefficient (Wildman–Crippen LogP) is 0.000900. The van der Waals surface area contributed by atoms with Gasteiger partial charge in [0, 0.05) is 6.04 Å². The quantitative estimate of drug-likeness (QED) is 0.568. The van der Waals surface area contributed by atoms with E-state index in [0.717, 1.165) is 6.42 Å². The normalized spacial score (nSPS) is 17.6. The smallest absolute Gasteiger partial charge is 0.240 e. The van der Waals surface area contributed by atoms with Gasteiger partial charge in [-0.15, -0.1) is 0 Å². The molecular weight excluding hydrogens is 168 g/mol. The topological polar surface area (TPSA) is 75.4 Å². The molecule has 0 aromatic rings. The van der Waals surface area contributed by atoms with Crippen LogP contribution in [-0.2, 0) is 4.79 Å². The van der Waals surface area contributed by atoms with Crippen molar-refractivity contribution in [1.82, 2.24) is 5.32 Å². The standard InChI is InChI=1S/C9H20N2O2/c1-4-5-9(3,10)8(13)11-7(2)6-12/h7,12H,4-6,10H2,1-3H3,(H,11,13)/t7-,9?/m1/s1. The molecule has 0 aromatic carbocycles. The fourth-order valence-corrected chi connectivity index (χ4v) is 1.07. The molecule has 4 nitrogen and oxygen atoms in total. The van der Waals surface area contributed by atoms with Crippen LogP contribution in [-0.4, -0.2) is 29.2 Å². The lowest BCUT2D eigenvalue weighted by atomic mass is 9.96. The van der Waals surface area contributed by atoms with Crippen molar-refractivity contribution in [3.05, 3.63) is 0 Å². The molecule has 0 saturated carbocycles. The van der Waals surface area contributed by atoms with Gasteiger partial charge in [0.25, 0.3) is 0 Å². The van der Waals surface area contributed by atoms with Crippen LogP contribution in [0.5, 0.6) is 0 Å². The average Bonchev–Trinajstić information content (AvgIpc) is 2.04. The Morgan fingerprint density at radius 1 is 1.69 bits per heavy atom. The van der Waals surface area contributed by atoms with Crippen LogP contribution in [0.25, 0.3) is 0 Å². The highest BCUT2D eigenvalue weighted by molar-refractivity contribution is 5.85. The number of carbonyl (C=O) groups excluding carboxylic acids is 1. The summed E-state index contributed by atoms with van der Waals surface area (Å²) in [5.41, 5.74) is 4.96. The van der Waals surface area contributed by atoms with Crippen molar-refractivity contribution in [2.75, 3.05) is 6.61 Å². The van der Waals surface area contributed by atoms with Crippen molar-refractivity contribution in [3.8, 4) is 0 Å². The van der Waals surface area contributed by atoms with Gasteiger partial charge < -0.3 is 16.2 Å². The molecule has 0 aliphatic carbocycles. The molecule has 0 saturated heterocycles. The lowest BCUT2D eigenvalue weighted by Gasteiger charge is -2.24. The lowest BCUT2D eigenvalue weighted by Crippen LogP contribution is -2.54. The van der Waals surface area contributed by atoms with Crippen molar-refractivity contribution < 1.29 is 9.90 Å². The van der Waals surface area contributed by atoms with Gasteiger partial charge in [-0.1, -0.05) is 13.3 Å². The molecule has 1 amide bonds. The Morgan fingerprint density at radius 3 is 2.62 bits per heavy atom. The zero-order chi connectivity index (χ0) is 10.5. The first-order valence-corrected chi connectivity index (χ1v) is 4.64. The first-order valence-electron chi connectivity index (χ1n) is 4.64. The number of nitrogens with one attached hydrogen (secondary N) is 1. The average molecular weight is 188 g/mol. The molecular formula is C9H20N2O2. The SMILES string of the molecule is CCCC(C)(N)C(=O)N[C@H](C)CO. The highest BCUT2D eigenvalue weighted by Gasteiger charge is 2.27. The van der Waals surface area contributed by atoms with Gasteiger partial charge in [-0.25, -0.2) is 0 Å². The summed E-state index contributed by atoms with van der Waals surface area (Å²) >= 11 is 0. The molecule has 0 aromatic heterocycles. The molecule has 0 spiro atoms. The number of amides is 1. The fourth-order valence-electron chi connectivity index (χ4n) is 1.07. The van der Waals surface area contributed by atoms with E-state index in [9.17, 15) is 4.79 Å². The minimum atomic E-state index is -0.821. The van der Waals surface area contributed by atoms with E-state index in [0.29, 0.717) is 6.42 Å². The Morgan fingerprint density at radius 2 is 2.23 bits per heavy atom. The third-order valence-corrected chi connectivity index (χ3v) is 1.94. The van der Waals surface area contributed by atoms with Crippen LogP contribution in [0.15, 0.2) is 0 Å². The predicted molar refractivity (Wildman–Crippen MR) is 52.2 cm³/mol. The Labute approximate surface area is 79.5 Å². The molecule has 0 fully saturated rings. The van der Waals surface area contributed by atoms with Crippen LogP contribution >= 0.6 is 0 Å². The van der Waals surface area contributed by atoms with E-state index >= 15 is 0 Å². The van der Waals surface area contributed by atoms with Crippen molar-refractivity contribution in [2.45, 2.75) is 45.2 Å². The molecule has 0 radical (unpaired) electrons. The molecule has 0 bridgehead atoms. The Hall–Kier alpha value is -0.610. The maximum absolute atomic E-state index is 11.5. The van der Waals surface area contributed by atoms with Gasteiger partial charge in [0.2, 0.25) is 5.91 Å². The van der Waals surface area contributed by atoms with E-state index in [1.165, 1.54) is 0 Å². The van der Waals surface area contributed by atoms with Crippen LogP contribution in [0.4, 0.5) is 0 Å². The molecule has 0 rings (SSSR count). The van der Waals surface area contributed by atoms with Crippen molar-refractivity contribution >= 4 is 5.91 Å². The van der Waals surface area contributed by atoms with Crippen molar-refractivity contribution in [2.24, 2.45) is 5.73 Å². The van der Waals surface area contributed by atoms with E-state index < -0.39 is 5.54 Å². The third-order valence-electron chi connectivity index (χ3n) is 1.94. The van der Waals surface area contributed by atoms with E-state index in [1.807, 2.05) is 6.92 Å². The summed E-state index contributed by atoms with van der Waals surface area (Å²) < 4.78 is 0. The second-order valence-electron chi connectivity index (χ2n) is 3.72.